The summed E-state index contributed by atoms with van der Waals surface area (Å²) in [7, 11) is 0. The molecule has 3 aromatic rings. The van der Waals surface area contributed by atoms with Crippen molar-refractivity contribution in [3.8, 4) is 0 Å². The SMILES string of the molecule is CSc1ccccc1C(=O)Nc1nc2ccccc2s1. The maximum Gasteiger partial charge on any atom is 0.258 e. The first-order chi connectivity index (χ1) is 9.78. The normalized spacial score (nSPS) is 10.7. The average molecular weight is 300 g/mol. The van der Waals surface area contributed by atoms with Crippen LogP contribution in [-0.2, 0) is 0 Å². The Kier molecular flexibility index (Phi) is 3.71. The number of benzene rings is 2. The van der Waals surface area contributed by atoms with E-state index in [1.165, 1.54) is 11.3 Å². The fourth-order valence-electron chi connectivity index (χ4n) is 1.92. The van der Waals surface area contributed by atoms with E-state index in [0.717, 1.165) is 15.1 Å². The highest BCUT2D eigenvalue weighted by Gasteiger charge is 2.12. The second-order valence-electron chi connectivity index (χ2n) is 4.14. The molecule has 0 saturated carbocycles. The van der Waals surface area contributed by atoms with Gasteiger partial charge in [-0.05, 0) is 30.5 Å². The number of carbonyl (C=O) groups is 1. The smallest absolute Gasteiger partial charge is 0.258 e. The lowest BCUT2D eigenvalue weighted by molar-refractivity contribution is 0.102. The molecule has 1 heterocycles. The van der Waals surface area contributed by atoms with Gasteiger partial charge in [0.05, 0.1) is 15.8 Å². The van der Waals surface area contributed by atoms with E-state index in [0.29, 0.717) is 10.7 Å². The van der Waals surface area contributed by atoms with Crippen LogP contribution in [0.25, 0.3) is 10.2 Å². The van der Waals surface area contributed by atoms with Crippen LogP contribution in [0.5, 0.6) is 0 Å². The maximum absolute atomic E-state index is 12.3. The van der Waals surface area contributed by atoms with Crippen LogP contribution in [0, 0.1) is 0 Å². The number of thiazole rings is 1. The molecule has 3 rings (SSSR count). The van der Waals surface area contributed by atoms with Crippen molar-refractivity contribution in [3.05, 3.63) is 54.1 Å². The van der Waals surface area contributed by atoms with Gasteiger partial charge in [-0.25, -0.2) is 4.98 Å². The number of rotatable bonds is 3. The molecule has 0 aliphatic carbocycles. The van der Waals surface area contributed by atoms with Gasteiger partial charge in [-0.2, -0.15) is 0 Å². The second-order valence-corrected chi connectivity index (χ2v) is 6.02. The Hall–Kier alpha value is -1.85. The molecule has 1 aromatic heterocycles. The zero-order chi connectivity index (χ0) is 13.9. The molecule has 0 spiro atoms. The molecule has 100 valence electrons. The van der Waals surface area contributed by atoms with E-state index in [4.69, 9.17) is 0 Å². The van der Waals surface area contributed by atoms with E-state index in [1.807, 2.05) is 54.8 Å². The number of fused-ring (bicyclic) bond motifs is 1. The Morgan fingerprint density at radius 3 is 2.70 bits per heavy atom. The number of nitrogens with one attached hydrogen (secondary N) is 1. The third-order valence-electron chi connectivity index (χ3n) is 2.87. The summed E-state index contributed by atoms with van der Waals surface area (Å²) in [6.07, 6.45) is 1.96. The zero-order valence-electron chi connectivity index (χ0n) is 10.8. The highest BCUT2D eigenvalue weighted by atomic mass is 32.2. The van der Waals surface area contributed by atoms with Gasteiger partial charge in [-0.1, -0.05) is 35.6 Å². The van der Waals surface area contributed by atoms with Crippen LogP contribution in [0.2, 0.25) is 0 Å². The Balaban J connectivity index is 1.88. The molecular weight excluding hydrogens is 288 g/mol. The Bertz CT molecular complexity index is 734. The fraction of sp³-hybridized carbons (Fsp3) is 0.0667. The van der Waals surface area contributed by atoms with Crippen molar-refractivity contribution in [2.75, 3.05) is 11.6 Å². The quantitative estimate of drug-likeness (QED) is 0.734. The van der Waals surface area contributed by atoms with E-state index >= 15 is 0 Å². The Morgan fingerprint density at radius 1 is 1.15 bits per heavy atom. The summed E-state index contributed by atoms with van der Waals surface area (Å²) in [5.74, 6) is -0.117. The number of para-hydroxylation sites is 1. The van der Waals surface area contributed by atoms with Crippen molar-refractivity contribution in [1.82, 2.24) is 4.98 Å². The van der Waals surface area contributed by atoms with Crippen molar-refractivity contribution < 1.29 is 4.79 Å². The number of thioether (sulfide) groups is 1. The van der Waals surface area contributed by atoms with Gasteiger partial charge < -0.3 is 0 Å². The van der Waals surface area contributed by atoms with Crippen LogP contribution in [0.3, 0.4) is 0 Å². The van der Waals surface area contributed by atoms with E-state index < -0.39 is 0 Å². The second kappa shape index (κ2) is 5.64. The summed E-state index contributed by atoms with van der Waals surface area (Å²) in [5.41, 5.74) is 1.59. The average Bonchev–Trinajstić information content (AvgIpc) is 2.89. The minimum atomic E-state index is -0.117. The van der Waals surface area contributed by atoms with Crippen LogP contribution in [-0.4, -0.2) is 17.1 Å². The van der Waals surface area contributed by atoms with Crippen molar-refractivity contribution in [3.63, 3.8) is 0 Å². The van der Waals surface area contributed by atoms with Gasteiger partial charge in [-0.3, -0.25) is 10.1 Å². The van der Waals surface area contributed by atoms with Crippen molar-refractivity contribution >= 4 is 44.4 Å². The lowest BCUT2D eigenvalue weighted by Gasteiger charge is -2.05. The molecule has 0 fully saturated rings. The molecule has 3 nitrogen and oxygen atoms in total. The summed E-state index contributed by atoms with van der Waals surface area (Å²) in [4.78, 5) is 17.7. The molecule has 1 N–H and O–H groups in total. The molecule has 0 aliphatic heterocycles. The standard InChI is InChI=1S/C15H12N2OS2/c1-19-12-8-4-2-6-10(12)14(18)17-15-16-11-7-3-5-9-13(11)20-15/h2-9H,1H3,(H,16,17,18). The van der Waals surface area contributed by atoms with Crippen molar-refractivity contribution in [1.29, 1.82) is 0 Å². The minimum absolute atomic E-state index is 0.117. The number of amides is 1. The number of nitrogens with zero attached hydrogens (tertiary/aromatic N) is 1. The molecule has 0 unspecified atom stereocenters. The number of anilines is 1. The summed E-state index contributed by atoms with van der Waals surface area (Å²) in [6.45, 7) is 0. The molecule has 1 amide bonds. The fourth-order valence-corrected chi connectivity index (χ4v) is 3.38. The number of aromatic nitrogens is 1. The molecule has 0 saturated heterocycles. The van der Waals surface area contributed by atoms with Crippen molar-refractivity contribution in [2.45, 2.75) is 4.90 Å². The Labute approximate surface area is 125 Å². The molecule has 0 radical (unpaired) electrons. The molecule has 20 heavy (non-hydrogen) atoms. The van der Waals surface area contributed by atoms with E-state index in [2.05, 4.69) is 10.3 Å². The molecule has 2 aromatic carbocycles. The first kappa shape index (κ1) is 13.1. The molecule has 5 heteroatoms. The highest BCUT2D eigenvalue weighted by Crippen LogP contribution is 2.27. The molecule has 0 bridgehead atoms. The van der Waals surface area contributed by atoms with Gasteiger partial charge in [0.15, 0.2) is 5.13 Å². The van der Waals surface area contributed by atoms with Gasteiger partial charge in [0.1, 0.15) is 0 Å². The van der Waals surface area contributed by atoms with E-state index in [9.17, 15) is 4.79 Å². The first-order valence-corrected chi connectivity index (χ1v) is 8.12. The zero-order valence-corrected chi connectivity index (χ0v) is 12.4. The minimum Gasteiger partial charge on any atom is -0.298 e. The summed E-state index contributed by atoms with van der Waals surface area (Å²) >= 11 is 3.05. The number of carbonyl (C=O) groups excluding carboxylic acids is 1. The van der Waals surface area contributed by atoms with Gasteiger partial charge in [0.25, 0.3) is 5.91 Å². The first-order valence-electron chi connectivity index (χ1n) is 6.08. The van der Waals surface area contributed by atoms with Gasteiger partial charge in [0, 0.05) is 4.90 Å². The molecule has 0 aliphatic rings. The van der Waals surface area contributed by atoms with Gasteiger partial charge in [-0.15, -0.1) is 11.8 Å². The van der Waals surface area contributed by atoms with Gasteiger partial charge in [0.2, 0.25) is 0 Å². The lowest BCUT2D eigenvalue weighted by Crippen LogP contribution is -2.12. The van der Waals surface area contributed by atoms with Crippen molar-refractivity contribution in [2.24, 2.45) is 0 Å². The van der Waals surface area contributed by atoms with Crippen LogP contribution in [0.1, 0.15) is 10.4 Å². The number of hydrogen-bond acceptors (Lipinski definition) is 4. The lowest BCUT2D eigenvalue weighted by atomic mass is 10.2. The van der Waals surface area contributed by atoms with Crippen LogP contribution in [0.15, 0.2) is 53.4 Å². The van der Waals surface area contributed by atoms with Crippen LogP contribution in [0.4, 0.5) is 5.13 Å². The van der Waals surface area contributed by atoms with Gasteiger partial charge >= 0.3 is 0 Å². The topological polar surface area (TPSA) is 42.0 Å². The summed E-state index contributed by atoms with van der Waals surface area (Å²) < 4.78 is 1.07. The third-order valence-corrected chi connectivity index (χ3v) is 4.61. The molecular formula is C15H12N2OS2. The monoisotopic (exact) mass is 300 g/mol. The Morgan fingerprint density at radius 2 is 1.90 bits per heavy atom. The maximum atomic E-state index is 12.3. The number of hydrogen-bond donors (Lipinski definition) is 1. The summed E-state index contributed by atoms with van der Waals surface area (Å²) in [5, 5.41) is 3.51. The van der Waals surface area contributed by atoms with E-state index in [1.54, 1.807) is 11.8 Å². The predicted molar refractivity (Wildman–Crippen MR) is 85.8 cm³/mol. The van der Waals surface area contributed by atoms with Crippen LogP contribution < -0.4 is 5.32 Å². The predicted octanol–water partition coefficient (Wildman–Crippen LogP) is 4.27. The highest BCUT2D eigenvalue weighted by molar-refractivity contribution is 7.98. The summed E-state index contributed by atoms with van der Waals surface area (Å²) in [6, 6.07) is 15.4. The van der Waals surface area contributed by atoms with E-state index in [-0.39, 0.29) is 5.91 Å². The van der Waals surface area contributed by atoms with Crippen LogP contribution >= 0.6 is 23.1 Å². The molecule has 0 atom stereocenters. The largest absolute Gasteiger partial charge is 0.298 e. The third kappa shape index (κ3) is 2.55.